The van der Waals surface area contributed by atoms with Crippen LogP contribution in [-0.4, -0.2) is 36.0 Å². The molecule has 0 aromatic carbocycles. The summed E-state index contributed by atoms with van der Waals surface area (Å²) in [6.07, 6.45) is 3.48. The second kappa shape index (κ2) is 6.25. The number of likely N-dealkylation sites (tertiary alicyclic amines) is 1. The van der Waals surface area contributed by atoms with Crippen LogP contribution in [0.4, 0.5) is 0 Å². The van der Waals surface area contributed by atoms with E-state index in [9.17, 15) is 4.79 Å². The number of carbonyl (C=O) groups is 1. The fraction of sp³-hybridized carbons (Fsp3) is 0.938. The van der Waals surface area contributed by atoms with Crippen LogP contribution in [0.2, 0.25) is 0 Å². The Labute approximate surface area is 119 Å². The number of hydrogen-bond donors (Lipinski definition) is 1. The molecule has 1 fully saturated rings. The van der Waals surface area contributed by atoms with E-state index >= 15 is 0 Å². The summed E-state index contributed by atoms with van der Waals surface area (Å²) in [5.41, 5.74) is -0.206. The number of rotatable bonds is 6. The summed E-state index contributed by atoms with van der Waals surface area (Å²) in [6.45, 7) is 16.0. The number of carbonyl (C=O) groups excluding carboxylic acids is 1. The van der Waals surface area contributed by atoms with Crippen molar-refractivity contribution in [2.75, 3.05) is 19.6 Å². The molecular weight excluding hydrogens is 236 g/mol. The smallest absolute Gasteiger partial charge is 0.225 e. The predicted molar refractivity (Wildman–Crippen MR) is 81.1 cm³/mol. The molecule has 1 unspecified atom stereocenters. The number of amides is 1. The minimum Gasteiger partial charge on any atom is -0.356 e. The molecule has 0 bridgehead atoms. The van der Waals surface area contributed by atoms with Gasteiger partial charge in [-0.05, 0) is 46.1 Å². The van der Waals surface area contributed by atoms with E-state index in [4.69, 9.17) is 0 Å². The van der Waals surface area contributed by atoms with Gasteiger partial charge in [-0.15, -0.1) is 0 Å². The predicted octanol–water partition coefficient (Wildman–Crippen LogP) is 3.05. The van der Waals surface area contributed by atoms with E-state index in [0.717, 1.165) is 12.3 Å². The van der Waals surface area contributed by atoms with Crippen LogP contribution in [0.15, 0.2) is 0 Å². The first-order valence-electron chi connectivity index (χ1n) is 7.76. The van der Waals surface area contributed by atoms with Crippen molar-refractivity contribution < 1.29 is 4.79 Å². The minimum absolute atomic E-state index is 0.0957. The SMILES string of the molecule is CCNC(=O)C(C)(C)CC(C)(C)N1CCC(CC)C1. The highest BCUT2D eigenvalue weighted by Crippen LogP contribution is 2.35. The monoisotopic (exact) mass is 268 g/mol. The molecule has 1 atom stereocenters. The van der Waals surface area contributed by atoms with Crippen molar-refractivity contribution in [2.24, 2.45) is 11.3 Å². The van der Waals surface area contributed by atoms with Crippen LogP contribution in [0.5, 0.6) is 0 Å². The summed E-state index contributed by atoms with van der Waals surface area (Å²) < 4.78 is 0. The fourth-order valence-electron chi connectivity index (χ4n) is 3.39. The first kappa shape index (κ1) is 16.5. The van der Waals surface area contributed by atoms with Crippen LogP contribution in [0.25, 0.3) is 0 Å². The van der Waals surface area contributed by atoms with Gasteiger partial charge in [-0.25, -0.2) is 0 Å². The maximum absolute atomic E-state index is 12.1. The number of nitrogens with one attached hydrogen (secondary N) is 1. The third kappa shape index (κ3) is 4.20. The fourth-order valence-corrected chi connectivity index (χ4v) is 3.39. The van der Waals surface area contributed by atoms with Crippen LogP contribution in [0, 0.1) is 11.3 Å². The zero-order valence-corrected chi connectivity index (χ0v) is 13.7. The quantitative estimate of drug-likeness (QED) is 0.803. The number of nitrogens with zero attached hydrogens (tertiary/aromatic N) is 1. The van der Waals surface area contributed by atoms with Crippen molar-refractivity contribution in [1.29, 1.82) is 0 Å². The second-order valence-electron chi connectivity index (χ2n) is 7.24. The third-order valence-corrected chi connectivity index (χ3v) is 4.55. The van der Waals surface area contributed by atoms with E-state index in [1.54, 1.807) is 0 Å². The minimum atomic E-state index is -0.302. The first-order chi connectivity index (χ1) is 8.73. The molecule has 112 valence electrons. The zero-order valence-electron chi connectivity index (χ0n) is 13.7. The summed E-state index contributed by atoms with van der Waals surface area (Å²) in [4.78, 5) is 14.7. The maximum atomic E-state index is 12.1. The first-order valence-corrected chi connectivity index (χ1v) is 7.76. The van der Waals surface area contributed by atoms with Crippen LogP contribution in [-0.2, 0) is 4.79 Å². The molecule has 1 heterocycles. The highest BCUT2D eigenvalue weighted by molar-refractivity contribution is 5.81. The Morgan fingerprint density at radius 3 is 2.37 bits per heavy atom. The molecule has 0 saturated carbocycles. The second-order valence-corrected chi connectivity index (χ2v) is 7.24. The molecule has 1 rings (SSSR count). The van der Waals surface area contributed by atoms with Crippen molar-refractivity contribution in [1.82, 2.24) is 10.2 Å². The topological polar surface area (TPSA) is 32.3 Å². The largest absolute Gasteiger partial charge is 0.356 e. The van der Waals surface area contributed by atoms with E-state index in [1.807, 2.05) is 6.92 Å². The van der Waals surface area contributed by atoms with E-state index < -0.39 is 0 Å². The number of hydrogen-bond acceptors (Lipinski definition) is 2. The standard InChI is InChI=1S/C16H32N2O/c1-7-13-9-10-18(11-13)16(5,6)12-15(3,4)14(19)17-8-2/h13H,7-12H2,1-6H3,(H,17,19). The molecule has 0 aromatic rings. The van der Waals surface area contributed by atoms with Crippen LogP contribution in [0.3, 0.4) is 0 Å². The van der Waals surface area contributed by atoms with Gasteiger partial charge in [0.1, 0.15) is 0 Å². The molecule has 3 nitrogen and oxygen atoms in total. The lowest BCUT2D eigenvalue weighted by atomic mass is 9.78. The Morgan fingerprint density at radius 1 is 1.26 bits per heavy atom. The van der Waals surface area contributed by atoms with E-state index in [-0.39, 0.29) is 16.9 Å². The summed E-state index contributed by atoms with van der Waals surface area (Å²) >= 11 is 0. The van der Waals surface area contributed by atoms with Crippen molar-refractivity contribution >= 4 is 5.91 Å². The van der Waals surface area contributed by atoms with Crippen molar-refractivity contribution in [3.05, 3.63) is 0 Å². The van der Waals surface area contributed by atoms with Crippen LogP contribution in [0.1, 0.15) is 60.8 Å². The van der Waals surface area contributed by atoms with Crippen molar-refractivity contribution in [3.63, 3.8) is 0 Å². The van der Waals surface area contributed by atoms with E-state index in [0.29, 0.717) is 6.54 Å². The van der Waals surface area contributed by atoms with Crippen LogP contribution < -0.4 is 5.32 Å². The lowest BCUT2D eigenvalue weighted by Crippen LogP contribution is -2.49. The van der Waals surface area contributed by atoms with Gasteiger partial charge in [0, 0.05) is 24.0 Å². The molecule has 1 aliphatic heterocycles. The Kier molecular flexibility index (Phi) is 5.43. The molecule has 1 aliphatic rings. The molecule has 1 amide bonds. The average Bonchev–Trinajstić information content (AvgIpc) is 2.77. The van der Waals surface area contributed by atoms with Gasteiger partial charge >= 0.3 is 0 Å². The summed E-state index contributed by atoms with van der Waals surface area (Å²) in [5.74, 6) is 1.01. The van der Waals surface area contributed by atoms with E-state index in [1.165, 1.54) is 25.9 Å². The molecule has 0 aliphatic carbocycles. The molecule has 0 spiro atoms. The van der Waals surface area contributed by atoms with Crippen molar-refractivity contribution in [2.45, 2.75) is 66.3 Å². The molecule has 1 N–H and O–H groups in total. The lowest BCUT2D eigenvalue weighted by molar-refractivity contribution is -0.131. The van der Waals surface area contributed by atoms with Gasteiger partial charge in [0.15, 0.2) is 0 Å². The zero-order chi connectivity index (χ0) is 14.7. The Morgan fingerprint density at radius 2 is 1.89 bits per heavy atom. The Bertz CT molecular complexity index is 310. The van der Waals surface area contributed by atoms with Gasteiger partial charge in [-0.1, -0.05) is 27.2 Å². The van der Waals surface area contributed by atoms with Crippen molar-refractivity contribution in [3.8, 4) is 0 Å². The van der Waals surface area contributed by atoms with Gasteiger partial charge in [0.25, 0.3) is 0 Å². The Hall–Kier alpha value is -0.570. The van der Waals surface area contributed by atoms with Crippen LogP contribution >= 0.6 is 0 Å². The third-order valence-electron chi connectivity index (χ3n) is 4.55. The normalized spacial score (nSPS) is 21.7. The van der Waals surface area contributed by atoms with Gasteiger partial charge in [0.2, 0.25) is 5.91 Å². The molecule has 19 heavy (non-hydrogen) atoms. The summed E-state index contributed by atoms with van der Waals surface area (Å²) in [6, 6.07) is 0. The molecule has 1 saturated heterocycles. The molecular formula is C16H32N2O. The average molecular weight is 268 g/mol. The molecule has 0 radical (unpaired) electrons. The highest BCUT2D eigenvalue weighted by atomic mass is 16.2. The lowest BCUT2D eigenvalue weighted by Gasteiger charge is -2.41. The Balaban J connectivity index is 2.65. The van der Waals surface area contributed by atoms with Gasteiger partial charge in [-0.3, -0.25) is 9.69 Å². The highest BCUT2D eigenvalue weighted by Gasteiger charge is 2.39. The van der Waals surface area contributed by atoms with Gasteiger partial charge in [0.05, 0.1) is 0 Å². The molecule has 0 aromatic heterocycles. The summed E-state index contributed by atoms with van der Waals surface area (Å²) in [7, 11) is 0. The molecule has 3 heteroatoms. The van der Waals surface area contributed by atoms with E-state index in [2.05, 4.69) is 44.8 Å². The maximum Gasteiger partial charge on any atom is 0.225 e. The summed E-state index contributed by atoms with van der Waals surface area (Å²) in [5, 5.41) is 2.96. The van der Waals surface area contributed by atoms with Gasteiger partial charge in [-0.2, -0.15) is 0 Å². The van der Waals surface area contributed by atoms with Gasteiger partial charge < -0.3 is 5.32 Å².